The summed E-state index contributed by atoms with van der Waals surface area (Å²) in [5.74, 6) is -7.60. The number of para-hydroxylation sites is 1. The first-order chi connectivity index (χ1) is 26.8. The van der Waals surface area contributed by atoms with E-state index in [2.05, 4.69) is 10.4 Å². The summed E-state index contributed by atoms with van der Waals surface area (Å²) in [4.78, 5) is 64.1. The zero-order chi connectivity index (χ0) is 39.3. The van der Waals surface area contributed by atoms with Crippen molar-refractivity contribution in [2.45, 2.75) is 30.4 Å². The summed E-state index contributed by atoms with van der Waals surface area (Å²) in [6.45, 7) is 0. The van der Waals surface area contributed by atoms with Gasteiger partial charge in [0.25, 0.3) is 11.8 Å². The number of phenolic OH excluding ortho intramolecular Hbond substituents is 1. The van der Waals surface area contributed by atoms with Crippen molar-refractivity contribution < 1.29 is 37.5 Å². The van der Waals surface area contributed by atoms with Crippen molar-refractivity contribution in [3.05, 3.63) is 142 Å². The molecule has 1 aromatic heterocycles. The highest BCUT2D eigenvalue weighted by Gasteiger charge is 2.71. The van der Waals surface area contributed by atoms with Crippen LogP contribution in [0, 0.1) is 23.7 Å². The molecule has 1 saturated carbocycles. The number of benzene rings is 4. The van der Waals surface area contributed by atoms with Gasteiger partial charge in [0.2, 0.25) is 11.8 Å². The van der Waals surface area contributed by atoms with Gasteiger partial charge >= 0.3 is 6.18 Å². The predicted octanol–water partition coefficient (Wildman–Crippen LogP) is 8.46. The summed E-state index contributed by atoms with van der Waals surface area (Å²) in [5, 5.41) is 13.8. The van der Waals surface area contributed by atoms with Gasteiger partial charge in [0.1, 0.15) is 5.75 Å². The van der Waals surface area contributed by atoms with Gasteiger partial charge in [-0.15, -0.1) is 0 Å². The van der Waals surface area contributed by atoms with Gasteiger partial charge in [0, 0.05) is 22.7 Å². The lowest BCUT2D eigenvalue weighted by Gasteiger charge is -2.51. The largest absolute Gasteiger partial charge is 0.508 e. The minimum absolute atomic E-state index is 0.0593. The second-order valence-electron chi connectivity index (χ2n) is 14.5. The van der Waals surface area contributed by atoms with Crippen LogP contribution in [0.4, 0.5) is 24.7 Å². The Bertz CT molecular complexity index is 2530. The monoisotopic (exact) mass is 796 g/mol. The Morgan fingerprint density at radius 3 is 2.27 bits per heavy atom. The molecule has 2 N–H and O–H groups in total. The molecule has 0 spiro atoms. The van der Waals surface area contributed by atoms with E-state index in [1.54, 1.807) is 72.8 Å². The topological polar surface area (TPSA) is 120 Å². The molecule has 2 saturated heterocycles. The van der Waals surface area contributed by atoms with E-state index in [-0.39, 0.29) is 30.3 Å². The van der Waals surface area contributed by atoms with Crippen molar-refractivity contribution in [2.24, 2.45) is 23.7 Å². The van der Waals surface area contributed by atoms with Gasteiger partial charge in [-0.1, -0.05) is 95.5 Å². The first-order valence-electron chi connectivity index (χ1n) is 17.8. The number of hydrogen-bond acceptors (Lipinski definition) is 7. The Kier molecular flexibility index (Phi) is 8.30. The Labute approximate surface area is 327 Å². The van der Waals surface area contributed by atoms with E-state index in [1.165, 1.54) is 11.0 Å². The lowest BCUT2D eigenvalue weighted by Crippen LogP contribution is -2.53. The Morgan fingerprint density at radius 2 is 1.55 bits per heavy atom. The number of nitrogens with one attached hydrogen (secondary N) is 1. The average Bonchev–Trinajstić information content (AvgIpc) is 3.56. The van der Waals surface area contributed by atoms with E-state index in [0.29, 0.717) is 45.1 Å². The van der Waals surface area contributed by atoms with E-state index < -0.39 is 69.5 Å². The summed E-state index contributed by atoms with van der Waals surface area (Å²) in [6.07, 6.45) is -2.25. The number of aromatic hydroxyl groups is 1. The van der Waals surface area contributed by atoms with Gasteiger partial charge in [0.05, 0.1) is 39.4 Å². The molecule has 5 aromatic rings. The van der Waals surface area contributed by atoms with Crippen LogP contribution in [0.15, 0.2) is 115 Å². The van der Waals surface area contributed by atoms with Crippen LogP contribution in [0.5, 0.6) is 5.75 Å². The third kappa shape index (κ3) is 5.18. The molecule has 3 fully saturated rings. The van der Waals surface area contributed by atoms with Gasteiger partial charge in [0.15, 0.2) is 5.82 Å². The van der Waals surface area contributed by atoms with Crippen LogP contribution in [0.25, 0.3) is 10.8 Å². The summed E-state index contributed by atoms with van der Waals surface area (Å²) < 4.78 is 40.6. The molecule has 2 aliphatic carbocycles. The van der Waals surface area contributed by atoms with Gasteiger partial charge < -0.3 is 5.11 Å². The van der Waals surface area contributed by atoms with Crippen molar-refractivity contribution >= 4 is 69.1 Å². The molecule has 4 aromatic carbocycles. The molecule has 6 atom stereocenters. The average molecular weight is 798 g/mol. The summed E-state index contributed by atoms with van der Waals surface area (Å²) in [7, 11) is 0. The summed E-state index contributed by atoms with van der Waals surface area (Å²) in [6, 6.07) is 26.2. The number of nitrogens with zero attached hydrogens (tertiary/aromatic N) is 3. The van der Waals surface area contributed by atoms with Crippen LogP contribution in [-0.4, -0.2) is 38.7 Å². The van der Waals surface area contributed by atoms with Crippen molar-refractivity contribution in [3.8, 4) is 5.75 Å². The Balaban J connectivity index is 1.27. The number of allylic oxidation sites excluding steroid dienone is 2. The van der Waals surface area contributed by atoms with Gasteiger partial charge in [-0.05, 0) is 71.5 Å². The summed E-state index contributed by atoms with van der Waals surface area (Å²) >= 11 is 12.7. The van der Waals surface area contributed by atoms with Crippen molar-refractivity contribution in [1.29, 1.82) is 0 Å². The highest BCUT2D eigenvalue weighted by Crippen LogP contribution is 2.65. The molecule has 9 rings (SSSR count). The lowest BCUT2D eigenvalue weighted by molar-refractivity contribution is -0.139. The molecule has 14 heteroatoms. The number of aromatic nitrogens is 1. The lowest BCUT2D eigenvalue weighted by atomic mass is 9.48. The number of carbonyl (C=O) groups excluding carboxylic acids is 4. The molecular formula is C42H29Cl2F3N4O5. The minimum atomic E-state index is -4.76. The molecule has 2 aliphatic heterocycles. The van der Waals surface area contributed by atoms with Gasteiger partial charge in [-0.25, -0.2) is 4.98 Å². The van der Waals surface area contributed by atoms with E-state index >= 15 is 4.79 Å². The number of rotatable bonds is 5. The number of imide groups is 2. The maximum atomic E-state index is 15.5. The molecule has 4 amide bonds. The highest BCUT2D eigenvalue weighted by molar-refractivity contribution is 6.33. The third-order valence-electron chi connectivity index (χ3n) is 11.8. The first-order valence-corrected chi connectivity index (χ1v) is 18.5. The number of anilines is 2. The van der Waals surface area contributed by atoms with E-state index in [0.717, 1.165) is 10.4 Å². The zero-order valence-electron chi connectivity index (χ0n) is 29.0. The van der Waals surface area contributed by atoms with Crippen LogP contribution in [0.1, 0.15) is 35.4 Å². The molecule has 56 heavy (non-hydrogen) atoms. The third-order valence-corrected chi connectivity index (χ3v) is 12.3. The van der Waals surface area contributed by atoms with Crippen LogP contribution in [0.2, 0.25) is 10.0 Å². The smallest absolute Gasteiger partial charge is 0.417 e. The molecule has 4 aliphatic rings. The minimum Gasteiger partial charge on any atom is -0.508 e. The number of pyridine rings is 1. The first kappa shape index (κ1) is 35.9. The highest BCUT2D eigenvalue weighted by atomic mass is 35.5. The number of alkyl halides is 3. The normalized spacial score (nSPS) is 25.9. The molecule has 0 radical (unpaired) electrons. The maximum absolute atomic E-state index is 15.5. The van der Waals surface area contributed by atoms with Crippen molar-refractivity contribution in [3.63, 3.8) is 0 Å². The van der Waals surface area contributed by atoms with Crippen LogP contribution >= 0.6 is 23.2 Å². The van der Waals surface area contributed by atoms with Gasteiger partial charge in [-0.2, -0.15) is 18.2 Å². The van der Waals surface area contributed by atoms with Crippen LogP contribution in [-0.2, 0) is 30.8 Å². The fourth-order valence-electron chi connectivity index (χ4n) is 9.52. The number of phenols is 1. The molecular weight excluding hydrogens is 768 g/mol. The number of amides is 4. The van der Waals surface area contributed by atoms with E-state index in [1.807, 2.05) is 18.2 Å². The second-order valence-corrected chi connectivity index (χ2v) is 15.3. The number of carbonyl (C=O) groups is 4. The summed E-state index contributed by atoms with van der Waals surface area (Å²) in [5.41, 5.74) is 1.42. The molecule has 0 unspecified atom stereocenters. The molecule has 0 bridgehead atoms. The van der Waals surface area contributed by atoms with E-state index in [4.69, 9.17) is 23.2 Å². The zero-order valence-corrected chi connectivity index (χ0v) is 30.5. The SMILES string of the molecule is O=C1[C@@H]2C[C@@H]3C(=CC[C@@H]4C(=O)N(c5ccccc5)C(=O)[C@@H]43)[C@H](c3c(O)ccc4ccccc34)[C@]2(c2ccc(Cl)cc2)C(=O)N1Nc1ncc(C(F)(F)F)cc1Cl. The Hall–Kier alpha value is -5.72. The van der Waals surface area contributed by atoms with Crippen molar-refractivity contribution in [1.82, 2.24) is 9.99 Å². The van der Waals surface area contributed by atoms with Crippen molar-refractivity contribution in [2.75, 3.05) is 10.3 Å². The molecule has 3 heterocycles. The quantitative estimate of drug-likeness (QED) is 0.135. The number of hydrazine groups is 1. The maximum Gasteiger partial charge on any atom is 0.417 e. The van der Waals surface area contributed by atoms with E-state index in [9.17, 15) is 32.7 Å². The predicted molar refractivity (Wildman–Crippen MR) is 201 cm³/mol. The molecule has 9 nitrogen and oxygen atoms in total. The number of hydrogen-bond donors (Lipinski definition) is 2. The fourth-order valence-corrected chi connectivity index (χ4v) is 9.85. The van der Waals surface area contributed by atoms with Crippen LogP contribution in [0.3, 0.4) is 0 Å². The number of fused-ring (bicyclic) bond motifs is 5. The standard InChI is InChI=1S/C42H29Cl2F3N4O5/c43-24-13-11-22(12-14-24)41-30(38(54)51(40(41)56)49-36-31(44)18-23(20-48-36)42(45,46)47)19-29-27(35(41)34-26-9-5-4-6-21(26)10-17-32(34)52)15-16-28-33(29)39(55)50(37(28)53)25-7-2-1-3-8-25/h1-15,17-18,20,28-30,33,35,52H,16,19H2,(H,48,49)/t28-,29+,30-,33-,35+,41+/m0/s1. The second kappa shape index (κ2) is 12.9. The van der Waals surface area contributed by atoms with Gasteiger partial charge in [-0.3, -0.25) is 29.5 Å². The Morgan fingerprint density at radius 1 is 0.839 bits per heavy atom. The molecule has 282 valence electrons. The van der Waals surface area contributed by atoms with Crippen LogP contribution < -0.4 is 10.3 Å². The fraction of sp³-hybridized carbons (Fsp3) is 0.214. The number of halogens is 5.